The summed E-state index contributed by atoms with van der Waals surface area (Å²) < 4.78 is 27.7. The number of carbonyl (C=O) groups is 1. The molecule has 7 heteroatoms. The SMILES string of the molecule is CC(C)Cn1ncc(C(=O)N(C)CC(C)(C)O)c1C(F)F. The van der Waals surface area contributed by atoms with Crippen LogP contribution >= 0.6 is 0 Å². The van der Waals surface area contributed by atoms with Gasteiger partial charge in [-0.1, -0.05) is 13.8 Å². The van der Waals surface area contributed by atoms with Gasteiger partial charge in [0.15, 0.2) is 0 Å². The third-order valence-electron chi connectivity index (χ3n) is 2.83. The van der Waals surface area contributed by atoms with E-state index in [0.717, 1.165) is 0 Å². The predicted molar refractivity (Wildman–Crippen MR) is 75.3 cm³/mol. The summed E-state index contributed by atoms with van der Waals surface area (Å²) in [6.07, 6.45) is -1.60. The third-order valence-corrected chi connectivity index (χ3v) is 2.83. The Hall–Kier alpha value is -1.50. The Morgan fingerprint density at radius 3 is 2.48 bits per heavy atom. The molecule has 1 rings (SSSR count). The molecule has 0 aliphatic carbocycles. The molecule has 120 valence electrons. The van der Waals surface area contributed by atoms with Crippen molar-refractivity contribution in [1.29, 1.82) is 0 Å². The zero-order valence-electron chi connectivity index (χ0n) is 13.1. The second-order valence-electron chi connectivity index (χ2n) is 6.29. The van der Waals surface area contributed by atoms with E-state index in [4.69, 9.17) is 0 Å². The standard InChI is InChI=1S/C14H23F2N3O2/c1-9(2)7-19-11(12(15)16)10(6-17-19)13(20)18(5)8-14(3,4)21/h6,9,12,21H,7-8H2,1-5H3. The van der Waals surface area contributed by atoms with E-state index in [1.807, 2.05) is 13.8 Å². The van der Waals surface area contributed by atoms with E-state index in [-0.39, 0.29) is 23.7 Å². The number of alkyl halides is 2. The fourth-order valence-corrected chi connectivity index (χ4v) is 2.14. The van der Waals surface area contributed by atoms with E-state index >= 15 is 0 Å². The molecule has 5 nitrogen and oxygen atoms in total. The Bertz CT molecular complexity index is 493. The lowest BCUT2D eigenvalue weighted by Crippen LogP contribution is -2.40. The van der Waals surface area contributed by atoms with Gasteiger partial charge in [0.2, 0.25) is 0 Å². The second-order valence-corrected chi connectivity index (χ2v) is 6.29. The first-order valence-corrected chi connectivity index (χ1v) is 6.84. The molecule has 1 aromatic rings. The predicted octanol–water partition coefficient (Wildman–Crippen LogP) is 2.32. The van der Waals surface area contributed by atoms with E-state index in [0.29, 0.717) is 6.54 Å². The van der Waals surface area contributed by atoms with Crippen molar-refractivity contribution in [2.45, 2.75) is 46.3 Å². The van der Waals surface area contributed by atoms with Crippen LogP contribution in [-0.4, -0.2) is 44.9 Å². The zero-order chi connectivity index (χ0) is 16.4. The quantitative estimate of drug-likeness (QED) is 0.877. The van der Waals surface area contributed by atoms with Crippen molar-refractivity contribution in [2.24, 2.45) is 5.92 Å². The van der Waals surface area contributed by atoms with E-state index in [9.17, 15) is 18.7 Å². The van der Waals surface area contributed by atoms with E-state index in [2.05, 4.69) is 5.10 Å². The molecule has 0 fully saturated rings. The zero-order valence-corrected chi connectivity index (χ0v) is 13.1. The van der Waals surface area contributed by atoms with Gasteiger partial charge in [0.25, 0.3) is 12.3 Å². The van der Waals surface area contributed by atoms with Gasteiger partial charge in [0.1, 0.15) is 5.69 Å². The Balaban J connectivity index is 3.07. The number of carbonyl (C=O) groups excluding carboxylic acids is 1. The van der Waals surface area contributed by atoms with Gasteiger partial charge in [-0.2, -0.15) is 5.10 Å². The van der Waals surface area contributed by atoms with Gasteiger partial charge in [0, 0.05) is 20.1 Å². The average Bonchev–Trinajstić information content (AvgIpc) is 2.68. The van der Waals surface area contributed by atoms with Crippen LogP contribution in [0.5, 0.6) is 0 Å². The fraction of sp³-hybridized carbons (Fsp3) is 0.714. The van der Waals surface area contributed by atoms with Crippen LogP contribution < -0.4 is 0 Å². The molecule has 0 aliphatic rings. The molecular weight excluding hydrogens is 280 g/mol. The molecule has 1 amide bonds. The van der Waals surface area contributed by atoms with Gasteiger partial charge in [0.05, 0.1) is 17.4 Å². The number of likely N-dealkylation sites (N-methyl/N-ethyl adjacent to an activating group) is 1. The van der Waals surface area contributed by atoms with Crippen molar-refractivity contribution < 1.29 is 18.7 Å². The smallest absolute Gasteiger partial charge is 0.280 e. The van der Waals surface area contributed by atoms with Gasteiger partial charge in [-0.05, 0) is 19.8 Å². The Kier molecular flexibility index (Phi) is 5.44. The van der Waals surface area contributed by atoms with E-state index < -0.39 is 17.9 Å². The van der Waals surface area contributed by atoms with Crippen molar-refractivity contribution in [2.75, 3.05) is 13.6 Å². The lowest BCUT2D eigenvalue weighted by Gasteiger charge is -2.25. The van der Waals surface area contributed by atoms with Gasteiger partial charge < -0.3 is 10.0 Å². The highest BCUT2D eigenvalue weighted by molar-refractivity contribution is 5.95. The molecule has 0 spiro atoms. The second kappa shape index (κ2) is 6.51. The third kappa shape index (κ3) is 4.77. The van der Waals surface area contributed by atoms with Crippen molar-refractivity contribution in [1.82, 2.24) is 14.7 Å². The highest BCUT2D eigenvalue weighted by Crippen LogP contribution is 2.25. The maximum atomic E-state index is 13.3. The normalized spacial score (nSPS) is 12.3. The summed E-state index contributed by atoms with van der Waals surface area (Å²) in [5.74, 6) is -0.429. The van der Waals surface area contributed by atoms with Crippen molar-refractivity contribution in [3.63, 3.8) is 0 Å². The molecule has 0 saturated carbocycles. The molecular formula is C14H23F2N3O2. The van der Waals surface area contributed by atoms with Crippen LogP contribution in [-0.2, 0) is 6.54 Å². The lowest BCUT2D eigenvalue weighted by molar-refractivity contribution is 0.0363. The number of aromatic nitrogens is 2. The summed E-state index contributed by atoms with van der Waals surface area (Å²) in [5.41, 5.74) is -1.57. The lowest BCUT2D eigenvalue weighted by atomic mass is 10.1. The molecule has 0 aliphatic heterocycles. The van der Waals surface area contributed by atoms with Crippen LogP contribution in [0.15, 0.2) is 6.20 Å². The van der Waals surface area contributed by atoms with Crippen LogP contribution in [0.2, 0.25) is 0 Å². The summed E-state index contributed by atoms with van der Waals surface area (Å²) in [6.45, 7) is 7.24. The molecule has 0 atom stereocenters. The summed E-state index contributed by atoms with van der Waals surface area (Å²) in [4.78, 5) is 13.5. The average molecular weight is 303 g/mol. The number of hydrogen-bond donors (Lipinski definition) is 1. The first-order chi connectivity index (χ1) is 9.53. The van der Waals surface area contributed by atoms with Crippen LogP contribution in [0.1, 0.15) is 50.2 Å². The summed E-state index contributed by atoms with van der Waals surface area (Å²) >= 11 is 0. The van der Waals surface area contributed by atoms with Crippen LogP contribution in [0.4, 0.5) is 8.78 Å². The van der Waals surface area contributed by atoms with Gasteiger partial charge in [-0.15, -0.1) is 0 Å². The molecule has 1 N–H and O–H groups in total. The first kappa shape index (κ1) is 17.6. The number of hydrogen-bond acceptors (Lipinski definition) is 3. The first-order valence-electron chi connectivity index (χ1n) is 6.84. The highest BCUT2D eigenvalue weighted by atomic mass is 19.3. The maximum Gasteiger partial charge on any atom is 0.280 e. The molecule has 0 aromatic carbocycles. The number of halogens is 2. The molecule has 0 radical (unpaired) electrons. The number of rotatable bonds is 6. The minimum Gasteiger partial charge on any atom is -0.389 e. The topological polar surface area (TPSA) is 58.4 Å². The molecule has 0 bridgehead atoms. The molecule has 21 heavy (non-hydrogen) atoms. The minimum absolute atomic E-state index is 0.0455. The van der Waals surface area contributed by atoms with E-state index in [1.54, 1.807) is 13.8 Å². The molecule has 1 heterocycles. The monoisotopic (exact) mass is 303 g/mol. The Labute approximate surface area is 123 Å². The van der Waals surface area contributed by atoms with Crippen molar-refractivity contribution in [3.8, 4) is 0 Å². The van der Waals surface area contributed by atoms with Gasteiger partial charge in [-0.3, -0.25) is 9.48 Å². The van der Waals surface area contributed by atoms with Crippen LogP contribution in [0, 0.1) is 5.92 Å². The molecule has 0 unspecified atom stereocenters. The number of aliphatic hydroxyl groups is 1. The van der Waals surface area contributed by atoms with Crippen molar-refractivity contribution in [3.05, 3.63) is 17.5 Å². The minimum atomic E-state index is -2.78. The number of nitrogens with zero attached hydrogens (tertiary/aromatic N) is 3. The summed E-state index contributed by atoms with van der Waals surface area (Å²) in [5, 5.41) is 13.6. The summed E-state index contributed by atoms with van der Waals surface area (Å²) in [6, 6.07) is 0. The molecule has 1 aromatic heterocycles. The largest absolute Gasteiger partial charge is 0.389 e. The Morgan fingerprint density at radius 1 is 1.48 bits per heavy atom. The Morgan fingerprint density at radius 2 is 2.05 bits per heavy atom. The highest BCUT2D eigenvalue weighted by Gasteiger charge is 2.28. The fourth-order valence-electron chi connectivity index (χ4n) is 2.14. The van der Waals surface area contributed by atoms with Crippen LogP contribution in [0.25, 0.3) is 0 Å². The van der Waals surface area contributed by atoms with E-state index in [1.165, 1.54) is 22.8 Å². The van der Waals surface area contributed by atoms with Crippen molar-refractivity contribution >= 4 is 5.91 Å². The molecule has 0 saturated heterocycles. The summed E-state index contributed by atoms with van der Waals surface area (Å²) in [7, 11) is 1.47. The number of amides is 1. The van der Waals surface area contributed by atoms with Gasteiger partial charge in [-0.25, -0.2) is 8.78 Å². The van der Waals surface area contributed by atoms with Crippen LogP contribution in [0.3, 0.4) is 0 Å². The van der Waals surface area contributed by atoms with Gasteiger partial charge >= 0.3 is 0 Å². The maximum absolute atomic E-state index is 13.3.